The number of hydrogen-bond acceptors (Lipinski definition) is 5. The summed E-state index contributed by atoms with van der Waals surface area (Å²) in [6.45, 7) is 1.62. The first-order valence-electron chi connectivity index (χ1n) is 8.39. The van der Waals surface area contributed by atoms with E-state index >= 15 is 0 Å². The van der Waals surface area contributed by atoms with Gasteiger partial charge in [-0.3, -0.25) is 4.79 Å². The molecule has 0 spiro atoms. The van der Waals surface area contributed by atoms with Crippen molar-refractivity contribution in [2.45, 2.75) is 12.8 Å². The number of para-hydroxylation sites is 1. The molecule has 1 fully saturated rings. The number of nitrogens with zero attached hydrogens (tertiary/aromatic N) is 2. The van der Waals surface area contributed by atoms with Crippen LogP contribution in [0.1, 0.15) is 12.8 Å². The SMILES string of the molecule is O=C(Nc1ccc(O)cc1)C1CCCN(c2nc3ccccc3s2)C1. The van der Waals surface area contributed by atoms with Gasteiger partial charge in [0, 0.05) is 18.8 Å². The van der Waals surface area contributed by atoms with Crippen LogP contribution in [0.4, 0.5) is 10.8 Å². The van der Waals surface area contributed by atoms with Crippen molar-refractivity contribution < 1.29 is 9.90 Å². The predicted octanol–water partition coefficient (Wildman–Crippen LogP) is 3.86. The van der Waals surface area contributed by atoms with Gasteiger partial charge in [-0.15, -0.1) is 0 Å². The average Bonchev–Trinajstić information content (AvgIpc) is 3.08. The first-order valence-corrected chi connectivity index (χ1v) is 9.21. The van der Waals surface area contributed by atoms with Gasteiger partial charge >= 0.3 is 0 Å². The van der Waals surface area contributed by atoms with E-state index in [1.807, 2.05) is 18.2 Å². The van der Waals surface area contributed by atoms with Crippen LogP contribution in [-0.4, -0.2) is 29.1 Å². The molecule has 1 saturated heterocycles. The minimum Gasteiger partial charge on any atom is -0.508 e. The molecule has 0 bridgehead atoms. The van der Waals surface area contributed by atoms with Gasteiger partial charge in [-0.2, -0.15) is 0 Å². The fourth-order valence-electron chi connectivity index (χ4n) is 3.15. The molecule has 2 aromatic carbocycles. The van der Waals surface area contributed by atoms with Gasteiger partial charge in [-0.05, 0) is 49.2 Å². The van der Waals surface area contributed by atoms with Crippen molar-refractivity contribution in [3.8, 4) is 5.75 Å². The number of hydrogen-bond donors (Lipinski definition) is 2. The Morgan fingerprint density at radius 2 is 2.00 bits per heavy atom. The zero-order chi connectivity index (χ0) is 17.2. The molecule has 128 valence electrons. The number of aromatic nitrogens is 1. The number of rotatable bonds is 3. The summed E-state index contributed by atoms with van der Waals surface area (Å²) < 4.78 is 1.17. The number of thiazole rings is 1. The number of aromatic hydroxyl groups is 1. The summed E-state index contributed by atoms with van der Waals surface area (Å²) in [4.78, 5) is 19.5. The smallest absolute Gasteiger partial charge is 0.229 e. The number of nitrogens with one attached hydrogen (secondary N) is 1. The van der Waals surface area contributed by atoms with Crippen LogP contribution in [0.5, 0.6) is 5.75 Å². The van der Waals surface area contributed by atoms with E-state index in [0.29, 0.717) is 12.2 Å². The molecule has 1 unspecified atom stereocenters. The van der Waals surface area contributed by atoms with Crippen LogP contribution in [0.25, 0.3) is 10.2 Å². The summed E-state index contributed by atoms with van der Waals surface area (Å²) in [6.07, 6.45) is 1.86. The van der Waals surface area contributed by atoms with Crippen molar-refractivity contribution in [1.29, 1.82) is 0 Å². The van der Waals surface area contributed by atoms with Gasteiger partial charge in [0.25, 0.3) is 0 Å². The van der Waals surface area contributed by atoms with Crippen LogP contribution in [0.3, 0.4) is 0 Å². The van der Waals surface area contributed by atoms with Crippen LogP contribution in [0.2, 0.25) is 0 Å². The van der Waals surface area contributed by atoms with Crippen molar-refractivity contribution in [2.75, 3.05) is 23.3 Å². The highest BCUT2D eigenvalue weighted by atomic mass is 32.1. The standard InChI is InChI=1S/C19H19N3O2S/c23-15-9-7-14(8-10-15)20-18(24)13-4-3-11-22(12-13)19-21-16-5-1-2-6-17(16)25-19/h1-2,5-10,13,23H,3-4,11-12H2,(H,20,24). The Labute approximate surface area is 149 Å². The van der Waals surface area contributed by atoms with Crippen LogP contribution >= 0.6 is 11.3 Å². The van der Waals surface area contributed by atoms with Gasteiger partial charge in [0.1, 0.15) is 5.75 Å². The van der Waals surface area contributed by atoms with E-state index in [2.05, 4.69) is 16.3 Å². The number of carbonyl (C=O) groups is 1. The summed E-state index contributed by atoms with van der Waals surface area (Å²) in [6, 6.07) is 14.7. The molecule has 1 aliphatic rings. The van der Waals surface area contributed by atoms with Gasteiger partial charge in [-0.25, -0.2) is 4.98 Å². The van der Waals surface area contributed by atoms with E-state index in [1.54, 1.807) is 35.6 Å². The minimum absolute atomic E-state index is 0.0245. The van der Waals surface area contributed by atoms with Crippen molar-refractivity contribution in [2.24, 2.45) is 5.92 Å². The first-order chi connectivity index (χ1) is 12.2. The van der Waals surface area contributed by atoms with Crippen LogP contribution in [0, 0.1) is 5.92 Å². The molecule has 3 aromatic rings. The second-order valence-electron chi connectivity index (χ2n) is 6.29. The molecule has 1 aliphatic heterocycles. The van der Waals surface area contributed by atoms with E-state index < -0.39 is 0 Å². The van der Waals surface area contributed by atoms with Gasteiger partial charge in [0.15, 0.2) is 5.13 Å². The maximum absolute atomic E-state index is 12.6. The highest BCUT2D eigenvalue weighted by molar-refractivity contribution is 7.22. The second kappa shape index (κ2) is 6.72. The topological polar surface area (TPSA) is 65.5 Å². The maximum Gasteiger partial charge on any atom is 0.229 e. The molecule has 2 N–H and O–H groups in total. The van der Waals surface area contributed by atoms with Crippen LogP contribution in [-0.2, 0) is 4.79 Å². The fourth-order valence-corrected chi connectivity index (χ4v) is 4.15. The number of benzene rings is 2. The summed E-state index contributed by atoms with van der Waals surface area (Å²) in [5.74, 6) is 0.156. The third kappa shape index (κ3) is 3.44. The Hall–Kier alpha value is -2.60. The van der Waals surface area contributed by atoms with Crippen LogP contribution < -0.4 is 10.2 Å². The summed E-state index contributed by atoms with van der Waals surface area (Å²) in [5.41, 5.74) is 1.72. The Bertz CT molecular complexity index is 858. The average molecular weight is 353 g/mol. The number of carbonyl (C=O) groups excluding carboxylic acids is 1. The van der Waals surface area contributed by atoms with Gasteiger partial charge in [0.05, 0.1) is 16.1 Å². The largest absolute Gasteiger partial charge is 0.508 e. The second-order valence-corrected chi connectivity index (χ2v) is 7.29. The van der Waals surface area contributed by atoms with E-state index in [4.69, 9.17) is 4.98 Å². The lowest BCUT2D eigenvalue weighted by molar-refractivity contribution is -0.120. The molecule has 2 heterocycles. The lowest BCUT2D eigenvalue weighted by Gasteiger charge is -2.31. The molecule has 1 amide bonds. The zero-order valence-electron chi connectivity index (χ0n) is 13.7. The fraction of sp³-hybridized carbons (Fsp3) is 0.263. The third-order valence-corrected chi connectivity index (χ3v) is 5.58. The first kappa shape index (κ1) is 15.9. The number of phenols is 1. The molecular formula is C19H19N3O2S. The molecule has 1 aromatic heterocycles. The van der Waals surface area contributed by atoms with E-state index in [0.717, 1.165) is 30.0 Å². The maximum atomic E-state index is 12.6. The Morgan fingerprint density at radius 3 is 2.80 bits per heavy atom. The van der Waals surface area contributed by atoms with E-state index in [-0.39, 0.29) is 17.6 Å². The van der Waals surface area contributed by atoms with Gasteiger partial charge in [-0.1, -0.05) is 23.5 Å². The number of anilines is 2. The normalized spacial score (nSPS) is 17.6. The van der Waals surface area contributed by atoms with Crippen molar-refractivity contribution in [1.82, 2.24) is 4.98 Å². The van der Waals surface area contributed by atoms with E-state index in [1.165, 1.54) is 4.70 Å². The monoisotopic (exact) mass is 353 g/mol. The molecule has 1 atom stereocenters. The molecule has 25 heavy (non-hydrogen) atoms. The highest BCUT2D eigenvalue weighted by Gasteiger charge is 2.27. The molecule has 4 rings (SSSR count). The molecular weight excluding hydrogens is 334 g/mol. The highest BCUT2D eigenvalue weighted by Crippen LogP contribution is 2.31. The lowest BCUT2D eigenvalue weighted by atomic mass is 9.97. The summed E-state index contributed by atoms with van der Waals surface area (Å²) >= 11 is 1.68. The lowest BCUT2D eigenvalue weighted by Crippen LogP contribution is -2.40. The predicted molar refractivity (Wildman–Crippen MR) is 101 cm³/mol. The van der Waals surface area contributed by atoms with E-state index in [9.17, 15) is 9.90 Å². The summed E-state index contributed by atoms with van der Waals surface area (Å²) in [5, 5.41) is 13.3. The molecule has 0 aliphatic carbocycles. The molecule has 0 saturated carbocycles. The summed E-state index contributed by atoms with van der Waals surface area (Å²) in [7, 11) is 0. The van der Waals surface area contributed by atoms with Gasteiger partial charge in [0.2, 0.25) is 5.91 Å². The van der Waals surface area contributed by atoms with Crippen LogP contribution in [0.15, 0.2) is 48.5 Å². The Morgan fingerprint density at radius 1 is 1.20 bits per heavy atom. The van der Waals surface area contributed by atoms with Crippen molar-refractivity contribution in [3.05, 3.63) is 48.5 Å². The Balaban J connectivity index is 1.46. The number of amides is 1. The van der Waals surface area contributed by atoms with Crippen molar-refractivity contribution in [3.63, 3.8) is 0 Å². The third-order valence-electron chi connectivity index (χ3n) is 4.48. The minimum atomic E-state index is -0.0606. The Kier molecular flexibility index (Phi) is 4.28. The number of phenolic OH excluding ortho intramolecular Hbond substituents is 1. The zero-order valence-corrected chi connectivity index (χ0v) is 14.5. The van der Waals surface area contributed by atoms with Crippen molar-refractivity contribution >= 4 is 38.3 Å². The number of piperidine rings is 1. The molecule has 0 radical (unpaired) electrons. The quantitative estimate of drug-likeness (QED) is 0.702. The molecule has 5 nitrogen and oxygen atoms in total. The van der Waals surface area contributed by atoms with Gasteiger partial charge < -0.3 is 15.3 Å². The number of fused-ring (bicyclic) bond motifs is 1. The molecule has 6 heteroatoms.